The largest absolute Gasteiger partial charge is 0.271 e. The van der Waals surface area contributed by atoms with Crippen LogP contribution in [0.25, 0.3) is 0 Å². The van der Waals surface area contributed by atoms with Crippen LogP contribution in [0.5, 0.6) is 0 Å². The molecule has 3 aromatic rings. The number of nitrogens with one attached hydrogen (secondary N) is 1. The first-order chi connectivity index (χ1) is 16.4. The molecule has 0 unspecified atom stereocenters. The van der Waals surface area contributed by atoms with Gasteiger partial charge in [0.15, 0.2) is 0 Å². The number of rotatable bonds is 7. The molecule has 6 nitrogen and oxygen atoms in total. The van der Waals surface area contributed by atoms with E-state index in [4.69, 9.17) is 11.6 Å². The van der Waals surface area contributed by atoms with Gasteiger partial charge in [-0.3, -0.25) is 9.10 Å². The molecule has 0 heterocycles. The summed E-state index contributed by atoms with van der Waals surface area (Å²) in [7, 11) is -4.03. The van der Waals surface area contributed by atoms with E-state index in [1.807, 2.05) is 24.3 Å². The van der Waals surface area contributed by atoms with Crippen LogP contribution in [0.4, 0.5) is 5.69 Å². The number of carbonyl (C=O) groups excluding carboxylic acids is 1. The van der Waals surface area contributed by atoms with Gasteiger partial charge in [-0.05, 0) is 60.2 Å². The lowest BCUT2D eigenvalue weighted by molar-refractivity contribution is -0.119. The van der Waals surface area contributed by atoms with E-state index in [9.17, 15) is 13.2 Å². The minimum Gasteiger partial charge on any atom is -0.271 e. The van der Waals surface area contributed by atoms with Crippen molar-refractivity contribution in [2.75, 3.05) is 10.8 Å². The second-order valence-corrected chi connectivity index (χ2v) is 11.5. The summed E-state index contributed by atoms with van der Waals surface area (Å²) in [6.07, 6.45) is 0. The molecule has 0 aromatic heterocycles. The number of carbonyl (C=O) groups is 1. The Morgan fingerprint density at radius 3 is 2.20 bits per heavy atom. The average molecular weight is 512 g/mol. The Bertz CT molecular complexity index is 1330. The van der Waals surface area contributed by atoms with Crippen LogP contribution in [-0.4, -0.2) is 26.6 Å². The number of sulfonamides is 1. The third kappa shape index (κ3) is 6.29. The molecule has 0 saturated heterocycles. The quantitative estimate of drug-likeness (QED) is 0.327. The second kappa shape index (κ2) is 10.6. The van der Waals surface area contributed by atoms with Gasteiger partial charge in [-0.2, -0.15) is 5.10 Å². The second-order valence-electron chi connectivity index (χ2n) is 9.27. The van der Waals surface area contributed by atoms with Crippen molar-refractivity contribution >= 4 is 38.9 Å². The highest BCUT2D eigenvalue weighted by atomic mass is 35.5. The van der Waals surface area contributed by atoms with Crippen LogP contribution in [-0.2, 0) is 20.2 Å². The van der Waals surface area contributed by atoms with Gasteiger partial charge in [0.05, 0.1) is 16.3 Å². The van der Waals surface area contributed by atoms with Gasteiger partial charge in [-0.1, -0.05) is 80.9 Å². The number of amides is 1. The topological polar surface area (TPSA) is 78.8 Å². The van der Waals surface area contributed by atoms with E-state index in [0.29, 0.717) is 22.0 Å². The Labute approximate surface area is 212 Å². The van der Waals surface area contributed by atoms with Crippen LogP contribution in [0.1, 0.15) is 44.4 Å². The lowest BCUT2D eigenvalue weighted by Gasteiger charge is -2.25. The van der Waals surface area contributed by atoms with Gasteiger partial charge in [0.25, 0.3) is 15.9 Å². The van der Waals surface area contributed by atoms with Crippen molar-refractivity contribution in [1.82, 2.24) is 5.43 Å². The summed E-state index contributed by atoms with van der Waals surface area (Å²) >= 11 is 6.26. The SMILES string of the molecule is C/C(=N/NC(=O)CN(c1cccc(Cl)c1C)S(=O)(=O)c1ccccc1)c1ccc(C(C)(C)C)cc1. The van der Waals surface area contributed by atoms with E-state index in [2.05, 4.69) is 31.3 Å². The summed E-state index contributed by atoms with van der Waals surface area (Å²) in [4.78, 5) is 12.9. The molecular weight excluding hydrogens is 482 g/mol. The molecule has 0 radical (unpaired) electrons. The lowest BCUT2D eigenvalue weighted by Crippen LogP contribution is -2.40. The van der Waals surface area contributed by atoms with E-state index in [1.54, 1.807) is 50.2 Å². The Morgan fingerprint density at radius 2 is 1.60 bits per heavy atom. The zero-order chi connectivity index (χ0) is 25.8. The smallest absolute Gasteiger partial charge is 0.264 e. The van der Waals surface area contributed by atoms with Gasteiger partial charge in [-0.15, -0.1) is 0 Å². The fourth-order valence-electron chi connectivity index (χ4n) is 3.47. The summed E-state index contributed by atoms with van der Waals surface area (Å²) in [6.45, 7) is 9.46. The maximum atomic E-state index is 13.5. The van der Waals surface area contributed by atoms with E-state index < -0.39 is 22.5 Å². The maximum absolute atomic E-state index is 13.5. The fraction of sp³-hybridized carbons (Fsp3) is 0.259. The van der Waals surface area contributed by atoms with E-state index in [-0.39, 0.29) is 10.3 Å². The highest BCUT2D eigenvalue weighted by Crippen LogP contribution is 2.30. The molecule has 8 heteroatoms. The van der Waals surface area contributed by atoms with Gasteiger partial charge in [0.1, 0.15) is 6.54 Å². The molecule has 3 rings (SSSR count). The summed E-state index contributed by atoms with van der Waals surface area (Å²) < 4.78 is 28.0. The highest BCUT2D eigenvalue weighted by molar-refractivity contribution is 7.92. The van der Waals surface area contributed by atoms with Crippen LogP contribution < -0.4 is 9.73 Å². The number of hydrazone groups is 1. The van der Waals surface area contributed by atoms with Crippen molar-refractivity contribution in [3.63, 3.8) is 0 Å². The summed E-state index contributed by atoms with van der Waals surface area (Å²) in [5, 5.41) is 4.60. The zero-order valence-corrected chi connectivity index (χ0v) is 22.1. The molecule has 0 bridgehead atoms. The molecule has 0 atom stereocenters. The molecule has 1 N–H and O–H groups in total. The molecule has 0 aliphatic rings. The first-order valence-corrected chi connectivity index (χ1v) is 13.0. The van der Waals surface area contributed by atoms with Crippen molar-refractivity contribution < 1.29 is 13.2 Å². The van der Waals surface area contributed by atoms with Crippen molar-refractivity contribution in [3.8, 4) is 0 Å². The Balaban J connectivity index is 1.86. The van der Waals surface area contributed by atoms with Gasteiger partial charge in [0, 0.05) is 5.02 Å². The molecule has 0 fully saturated rings. The van der Waals surface area contributed by atoms with E-state index >= 15 is 0 Å². The molecule has 184 valence electrons. The fourth-order valence-corrected chi connectivity index (χ4v) is 5.14. The van der Waals surface area contributed by atoms with Crippen LogP contribution in [0.2, 0.25) is 5.02 Å². The minimum absolute atomic E-state index is 0.0317. The Morgan fingerprint density at radius 1 is 0.971 bits per heavy atom. The summed E-state index contributed by atoms with van der Waals surface area (Å²) in [5.41, 5.74) is 6.07. The van der Waals surface area contributed by atoms with Crippen LogP contribution in [0.15, 0.2) is 82.8 Å². The minimum atomic E-state index is -4.03. The number of nitrogens with zero attached hydrogens (tertiary/aromatic N) is 2. The number of hydrogen-bond donors (Lipinski definition) is 1. The van der Waals surface area contributed by atoms with Gasteiger partial charge in [0.2, 0.25) is 0 Å². The zero-order valence-electron chi connectivity index (χ0n) is 20.5. The number of halogens is 1. The van der Waals surface area contributed by atoms with Crippen molar-refractivity contribution in [2.24, 2.45) is 5.10 Å². The number of anilines is 1. The first-order valence-electron chi connectivity index (χ1n) is 11.2. The van der Waals surface area contributed by atoms with Crippen molar-refractivity contribution in [2.45, 2.75) is 44.9 Å². The molecule has 3 aromatic carbocycles. The predicted octanol–water partition coefficient (Wildman–Crippen LogP) is 5.68. The lowest BCUT2D eigenvalue weighted by atomic mass is 9.86. The molecule has 0 aliphatic heterocycles. The monoisotopic (exact) mass is 511 g/mol. The van der Waals surface area contributed by atoms with E-state index in [1.165, 1.54) is 17.7 Å². The summed E-state index contributed by atoms with van der Waals surface area (Å²) in [5.74, 6) is -0.574. The van der Waals surface area contributed by atoms with Crippen LogP contribution >= 0.6 is 11.6 Å². The molecule has 0 aliphatic carbocycles. The average Bonchev–Trinajstić information content (AvgIpc) is 2.83. The Hall–Kier alpha value is -3.16. The summed E-state index contributed by atoms with van der Waals surface area (Å²) in [6, 6.07) is 20.9. The third-order valence-corrected chi connectivity index (χ3v) is 7.83. The molecule has 0 spiro atoms. The molecule has 35 heavy (non-hydrogen) atoms. The first kappa shape index (κ1) is 26.4. The van der Waals surface area contributed by atoms with Crippen LogP contribution in [0, 0.1) is 6.92 Å². The third-order valence-electron chi connectivity index (χ3n) is 5.64. The van der Waals surface area contributed by atoms with Crippen LogP contribution in [0.3, 0.4) is 0 Å². The molecular formula is C27H30ClN3O3S. The Kier molecular flexibility index (Phi) is 8.03. The standard InChI is InChI=1S/C27H30ClN3O3S/c1-19-24(28)12-9-13-25(19)31(35(33,34)23-10-7-6-8-11-23)18-26(32)30-29-20(2)21-14-16-22(17-15-21)27(3,4)5/h6-17H,18H2,1-5H3,(H,30,32)/b29-20-. The maximum Gasteiger partial charge on any atom is 0.264 e. The number of benzene rings is 3. The molecule has 1 amide bonds. The van der Waals surface area contributed by atoms with Gasteiger partial charge in [-0.25, -0.2) is 13.8 Å². The van der Waals surface area contributed by atoms with Crippen molar-refractivity contribution in [1.29, 1.82) is 0 Å². The number of hydrogen-bond acceptors (Lipinski definition) is 4. The van der Waals surface area contributed by atoms with Crippen molar-refractivity contribution in [3.05, 3.63) is 94.5 Å². The molecule has 0 saturated carbocycles. The predicted molar refractivity (Wildman–Crippen MR) is 143 cm³/mol. The van der Waals surface area contributed by atoms with Gasteiger partial charge < -0.3 is 0 Å². The highest BCUT2D eigenvalue weighted by Gasteiger charge is 2.28. The normalized spacial score (nSPS) is 12.3. The van der Waals surface area contributed by atoms with E-state index in [0.717, 1.165) is 9.87 Å². The van der Waals surface area contributed by atoms with Gasteiger partial charge >= 0.3 is 0 Å².